The molecule has 0 aliphatic rings. The maximum Gasteiger partial charge on any atom is 0.224 e. The molecule has 0 aliphatic heterocycles. The molecule has 0 atom stereocenters. The van der Waals surface area contributed by atoms with Gasteiger partial charge in [0.1, 0.15) is 0 Å². The molecule has 1 aromatic heterocycles. The second-order valence-electron chi connectivity index (χ2n) is 6.00. The van der Waals surface area contributed by atoms with Gasteiger partial charge in [0.05, 0.1) is 6.20 Å². The van der Waals surface area contributed by atoms with Crippen molar-refractivity contribution in [2.24, 2.45) is 7.05 Å². The minimum Gasteiger partial charge on any atom is -0.369 e. The Morgan fingerprint density at radius 2 is 2.00 bits per heavy atom. The highest BCUT2D eigenvalue weighted by Gasteiger charge is 2.09. The third-order valence-electron chi connectivity index (χ3n) is 3.85. The van der Waals surface area contributed by atoms with Crippen molar-refractivity contribution in [3.05, 3.63) is 42.2 Å². The molecule has 23 heavy (non-hydrogen) atoms. The molecule has 2 aromatic rings. The maximum atomic E-state index is 12.0. The highest BCUT2D eigenvalue weighted by atomic mass is 16.1. The van der Waals surface area contributed by atoms with E-state index < -0.39 is 0 Å². The third-order valence-corrected chi connectivity index (χ3v) is 3.85. The number of carbonyl (C=O) groups is 1. The summed E-state index contributed by atoms with van der Waals surface area (Å²) in [7, 11) is 1.88. The molecule has 124 valence electrons. The van der Waals surface area contributed by atoms with E-state index >= 15 is 0 Å². The zero-order valence-electron chi connectivity index (χ0n) is 14.4. The van der Waals surface area contributed by atoms with Crippen LogP contribution < -0.4 is 10.2 Å². The zero-order chi connectivity index (χ0) is 16.8. The number of aromatic nitrogens is 2. The van der Waals surface area contributed by atoms with E-state index in [0.717, 1.165) is 17.8 Å². The molecule has 0 unspecified atom stereocenters. The monoisotopic (exact) mass is 314 g/mol. The van der Waals surface area contributed by atoms with Gasteiger partial charge < -0.3 is 10.2 Å². The van der Waals surface area contributed by atoms with Crippen molar-refractivity contribution in [2.75, 3.05) is 16.8 Å². The lowest BCUT2D eigenvalue weighted by molar-refractivity contribution is -0.116. The molecule has 0 spiro atoms. The number of benzene rings is 1. The molecule has 1 aromatic carbocycles. The Hall–Kier alpha value is -2.30. The number of carbonyl (C=O) groups excluding carboxylic acids is 1. The Morgan fingerprint density at radius 1 is 1.30 bits per heavy atom. The number of nitrogens with zero attached hydrogens (tertiary/aromatic N) is 3. The van der Waals surface area contributed by atoms with Gasteiger partial charge in [0.2, 0.25) is 5.91 Å². The van der Waals surface area contributed by atoms with Gasteiger partial charge in [0.25, 0.3) is 0 Å². The van der Waals surface area contributed by atoms with Gasteiger partial charge in [-0.25, -0.2) is 0 Å². The number of hydrogen-bond donors (Lipinski definition) is 1. The van der Waals surface area contributed by atoms with Crippen LogP contribution in [0.1, 0.15) is 32.8 Å². The summed E-state index contributed by atoms with van der Waals surface area (Å²) in [5.41, 5.74) is 3.09. The molecule has 2 rings (SSSR count). The van der Waals surface area contributed by atoms with Crippen LogP contribution in [0.2, 0.25) is 0 Å². The average Bonchev–Trinajstić information content (AvgIpc) is 2.93. The molecule has 0 bridgehead atoms. The normalized spacial score (nSPS) is 10.8. The van der Waals surface area contributed by atoms with Gasteiger partial charge in [-0.3, -0.25) is 9.48 Å². The Labute approximate surface area is 138 Å². The molecular weight excluding hydrogens is 288 g/mol. The van der Waals surface area contributed by atoms with Crippen LogP contribution in [-0.2, 0) is 18.3 Å². The second kappa shape index (κ2) is 7.81. The van der Waals surface area contributed by atoms with Gasteiger partial charge >= 0.3 is 0 Å². The predicted octanol–water partition coefficient (Wildman–Crippen LogP) is 3.23. The molecular formula is C18H26N4O. The van der Waals surface area contributed by atoms with Gasteiger partial charge in [-0.15, -0.1) is 0 Å². The summed E-state index contributed by atoms with van der Waals surface area (Å²) in [6.07, 6.45) is 4.90. The predicted molar refractivity (Wildman–Crippen MR) is 94.8 cm³/mol. The van der Waals surface area contributed by atoms with Crippen LogP contribution in [0, 0.1) is 0 Å². The highest BCUT2D eigenvalue weighted by Crippen LogP contribution is 2.20. The van der Waals surface area contributed by atoms with E-state index in [2.05, 4.69) is 48.2 Å². The summed E-state index contributed by atoms with van der Waals surface area (Å²) in [6, 6.07) is 8.49. The van der Waals surface area contributed by atoms with Crippen molar-refractivity contribution >= 4 is 17.3 Å². The van der Waals surface area contributed by atoms with Crippen molar-refractivity contribution < 1.29 is 4.79 Å². The van der Waals surface area contributed by atoms with Gasteiger partial charge in [-0.2, -0.15) is 5.10 Å². The van der Waals surface area contributed by atoms with Crippen molar-refractivity contribution in [1.29, 1.82) is 0 Å². The largest absolute Gasteiger partial charge is 0.369 e. The Morgan fingerprint density at radius 3 is 2.52 bits per heavy atom. The van der Waals surface area contributed by atoms with Gasteiger partial charge in [-0.05, 0) is 57.0 Å². The van der Waals surface area contributed by atoms with Crippen LogP contribution in [0.4, 0.5) is 11.4 Å². The maximum absolute atomic E-state index is 12.0. The van der Waals surface area contributed by atoms with E-state index in [-0.39, 0.29) is 5.91 Å². The minimum atomic E-state index is 0.0258. The molecule has 0 radical (unpaired) electrons. The van der Waals surface area contributed by atoms with E-state index in [1.54, 1.807) is 10.9 Å². The fourth-order valence-electron chi connectivity index (χ4n) is 2.66. The van der Waals surface area contributed by atoms with E-state index in [9.17, 15) is 4.79 Å². The van der Waals surface area contributed by atoms with E-state index in [0.29, 0.717) is 18.9 Å². The lowest BCUT2D eigenvalue weighted by Gasteiger charge is -2.27. The van der Waals surface area contributed by atoms with Crippen molar-refractivity contribution in [3.8, 4) is 0 Å². The fourth-order valence-corrected chi connectivity index (χ4v) is 2.66. The average molecular weight is 314 g/mol. The molecule has 5 nitrogen and oxygen atoms in total. The van der Waals surface area contributed by atoms with Crippen LogP contribution in [-0.4, -0.2) is 28.3 Å². The smallest absolute Gasteiger partial charge is 0.224 e. The quantitative estimate of drug-likeness (QED) is 0.853. The van der Waals surface area contributed by atoms with Crippen LogP contribution in [0.15, 0.2) is 36.7 Å². The molecule has 1 N–H and O–H groups in total. The van der Waals surface area contributed by atoms with Crippen molar-refractivity contribution in [1.82, 2.24) is 9.78 Å². The van der Waals surface area contributed by atoms with Gasteiger partial charge in [0.15, 0.2) is 0 Å². The lowest BCUT2D eigenvalue weighted by atomic mass is 10.2. The first-order valence-electron chi connectivity index (χ1n) is 8.13. The molecule has 0 saturated heterocycles. The van der Waals surface area contributed by atoms with Crippen LogP contribution in [0.3, 0.4) is 0 Å². The molecule has 0 saturated carbocycles. The van der Waals surface area contributed by atoms with E-state index in [4.69, 9.17) is 0 Å². The zero-order valence-corrected chi connectivity index (χ0v) is 14.4. The second-order valence-corrected chi connectivity index (χ2v) is 6.00. The summed E-state index contributed by atoms with van der Waals surface area (Å²) >= 11 is 0. The lowest BCUT2D eigenvalue weighted by Crippen LogP contribution is -2.30. The summed E-state index contributed by atoms with van der Waals surface area (Å²) in [6.45, 7) is 7.47. The Bertz CT molecular complexity index is 631. The van der Waals surface area contributed by atoms with E-state index in [1.807, 2.05) is 25.4 Å². The number of aryl methyl sites for hydroxylation is 2. The number of hydrogen-bond acceptors (Lipinski definition) is 3. The first kappa shape index (κ1) is 17.1. The van der Waals surface area contributed by atoms with E-state index in [1.165, 1.54) is 5.69 Å². The van der Waals surface area contributed by atoms with Crippen molar-refractivity contribution in [3.63, 3.8) is 0 Å². The molecule has 0 aliphatic carbocycles. The number of nitrogens with one attached hydrogen (secondary N) is 1. The van der Waals surface area contributed by atoms with Gasteiger partial charge in [-0.1, -0.05) is 0 Å². The summed E-state index contributed by atoms with van der Waals surface area (Å²) in [4.78, 5) is 14.3. The topological polar surface area (TPSA) is 50.2 Å². The number of amides is 1. The first-order chi connectivity index (χ1) is 11.0. The van der Waals surface area contributed by atoms with Gasteiger partial charge in [0, 0.05) is 43.6 Å². The van der Waals surface area contributed by atoms with Crippen molar-refractivity contribution in [2.45, 2.75) is 39.7 Å². The fraction of sp³-hybridized carbons (Fsp3) is 0.444. The SMILES string of the molecule is CCN(c1ccc(NC(=O)CCc2cnn(C)c2)cc1)C(C)C. The third kappa shape index (κ3) is 4.84. The summed E-state index contributed by atoms with van der Waals surface area (Å²) in [5.74, 6) is 0.0258. The van der Waals surface area contributed by atoms with Crippen LogP contribution >= 0.6 is 0 Å². The first-order valence-corrected chi connectivity index (χ1v) is 8.13. The summed E-state index contributed by atoms with van der Waals surface area (Å²) in [5, 5.41) is 7.05. The number of anilines is 2. The number of rotatable bonds is 7. The van der Waals surface area contributed by atoms with Crippen LogP contribution in [0.5, 0.6) is 0 Å². The Kier molecular flexibility index (Phi) is 5.79. The Balaban J connectivity index is 1.88. The van der Waals surface area contributed by atoms with Crippen LogP contribution in [0.25, 0.3) is 0 Å². The standard InChI is InChI=1S/C18H26N4O/c1-5-22(14(2)3)17-9-7-16(8-10-17)20-18(23)11-6-15-12-19-21(4)13-15/h7-10,12-14H,5-6,11H2,1-4H3,(H,20,23). The summed E-state index contributed by atoms with van der Waals surface area (Å²) < 4.78 is 1.75. The molecule has 1 heterocycles. The highest BCUT2D eigenvalue weighted by molar-refractivity contribution is 5.91. The molecule has 1 amide bonds. The molecule has 0 fully saturated rings. The minimum absolute atomic E-state index is 0.0258. The molecule has 5 heteroatoms.